The molecule has 0 spiro atoms. The normalized spacial score (nSPS) is 12.9. The monoisotopic (exact) mass is 301 g/mol. The molecule has 1 atom stereocenters. The molecule has 2 N–H and O–H groups in total. The topological polar surface area (TPSA) is 32.3 Å². The number of hydrogen-bond donors (Lipinski definition) is 2. The van der Waals surface area contributed by atoms with Gasteiger partial charge >= 0.3 is 0 Å². The SMILES string of the molecule is CNC(CCO)c1c(Cl)c(Cl)cc(Cl)c1Cl. The Morgan fingerprint density at radius 2 is 1.69 bits per heavy atom. The van der Waals surface area contributed by atoms with Gasteiger partial charge in [-0.2, -0.15) is 0 Å². The van der Waals surface area contributed by atoms with Gasteiger partial charge in [0, 0.05) is 18.2 Å². The summed E-state index contributed by atoms with van der Waals surface area (Å²) < 4.78 is 0. The third kappa shape index (κ3) is 2.95. The van der Waals surface area contributed by atoms with Crippen molar-refractivity contribution >= 4 is 46.4 Å². The standard InChI is InChI=1S/C10H11Cl4NO/c1-15-7(2-3-16)8-9(13)5(11)4-6(12)10(8)14/h4,7,15-16H,2-3H2,1H3. The molecule has 0 fully saturated rings. The second kappa shape index (κ2) is 6.29. The Morgan fingerprint density at radius 1 is 1.19 bits per heavy atom. The van der Waals surface area contributed by atoms with Gasteiger partial charge in [-0.15, -0.1) is 0 Å². The molecule has 0 heterocycles. The smallest absolute Gasteiger partial charge is 0.0656 e. The van der Waals surface area contributed by atoms with E-state index in [2.05, 4.69) is 5.32 Å². The summed E-state index contributed by atoms with van der Waals surface area (Å²) >= 11 is 24.0. The number of aliphatic hydroxyl groups excluding tert-OH is 1. The van der Waals surface area contributed by atoms with Crippen molar-refractivity contribution in [1.29, 1.82) is 0 Å². The fourth-order valence-electron chi connectivity index (χ4n) is 1.46. The molecule has 0 aliphatic carbocycles. The fraction of sp³-hybridized carbons (Fsp3) is 0.400. The van der Waals surface area contributed by atoms with Crippen LogP contribution in [0.25, 0.3) is 0 Å². The van der Waals surface area contributed by atoms with Crippen LogP contribution >= 0.6 is 46.4 Å². The van der Waals surface area contributed by atoms with Crippen molar-refractivity contribution in [2.24, 2.45) is 0 Å². The Labute approximate surface area is 114 Å². The minimum Gasteiger partial charge on any atom is -0.396 e. The van der Waals surface area contributed by atoms with Gasteiger partial charge in [0.2, 0.25) is 0 Å². The molecule has 1 aromatic rings. The molecule has 0 saturated carbocycles. The second-order valence-corrected chi connectivity index (χ2v) is 4.81. The Balaban J connectivity index is 3.29. The first-order chi connectivity index (χ1) is 7.52. The fourth-order valence-corrected chi connectivity index (χ4v) is 2.55. The molecular weight excluding hydrogens is 292 g/mol. The number of nitrogens with one attached hydrogen (secondary N) is 1. The first kappa shape index (κ1) is 14.4. The lowest BCUT2D eigenvalue weighted by Gasteiger charge is -2.19. The minimum absolute atomic E-state index is 0.0162. The summed E-state index contributed by atoms with van der Waals surface area (Å²) in [7, 11) is 1.75. The molecule has 0 aromatic heterocycles. The van der Waals surface area contributed by atoms with E-state index in [0.29, 0.717) is 32.1 Å². The lowest BCUT2D eigenvalue weighted by molar-refractivity contribution is 0.269. The van der Waals surface area contributed by atoms with E-state index in [1.807, 2.05) is 0 Å². The Hall–Kier alpha value is 0.300. The van der Waals surface area contributed by atoms with Gasteiger partial charge in [-0.25, -0.2) is 0 Å². The summed E-state index contributed by atoms with van der Waals surface area (Å²) in [5.74, 6) is 0. The van der Waals surface area contributed by atoms with Gasteiger partial charge in [0.15, 0.2) is 0 Å². The van der Waals surface area contributed by atoms with E-state index in [4.69, 9.17) is 51.5 Å². The first-order valence-corrected chi connectivity index (χ1v) is 6.15. The van der Waals surface area contributed by atoms with E-state index in [1.54, 1.807) is 7.05 Å². The van der Waals surface area contributed by atoms with Gasteiger partial charge in [0.1, 0.15) is 0 Å². The highest BCUT2D eigenvalue weighted by Crippen LogP contribution is 2.40. The molecule has 1 aromatic carbocycles. The van der Waals surface area contributed by atoms with Crippen LogP contribution in [-0.4, -0.2) is 18.8 Å². The molecule has 0 bridgehead atoms. The third-order valence-electron chi connectivity index (χ3n) is 2.26. The Bertz CT molecular complexity index is 357. The van der Waals surface area contributed by atoms with Crippen molar-refractivity contribution in [1.82, 2.24) is 5.32 Å². The number of rotatable bonds is 4. The van der Waals surface area contributed by atoms with Crippen LogP contribution in [0.4, 0.5) is 0 Å². The van der Waals surface area contributed by atoms with E-state index in [0.717, 1.165) is 0 Å². The Kier molecular flexibility index (Phi) is 5.65. The van der Waals surface area contributed by atoms with E-state index in [-0.39, 0.29) is 12.6 Å². The van der Waals surface area contributed by atoms with Crippen molar-refractivity contribution in [3.8, 4) is 0 Å². The van der Waals surface area contributed by atoms with Crippen LogP contribution in [0.3, 0.4) is 0 Å². The largest absolute Gasteiger partial charge is 0.396 e. The van der Waals surface area contributed by atoms with E-state index in [9.17, 15) is 0 Å². The molecule has 0 amide bonds. The highest BCUT2D eigenvalue weighted by molar-refractivity contribution is 6.48. The van der Waals surface area contributed by atoms with Gasteiger partial charge < -0.3 is 10.4 Å². The van der Waals surface area contributed by atoms with Gasteiger partial charge in [0.25, 0.3) is 0 Å². The summed E-state index contributed by atoms with van der Waals surface area (Å²) in [5.41, 5.74) is 0.623. The molecular formula is C10H11Cl4NO. The van der Waals surface area contributed by atoms with Crippen LogP contribution in [0.5, 0.6) is 0 Å². The van der Waals surface area contributed by atoms with Crippen LogP contribution < -0.4 is 5.32 Å². The van der Waals surface area contributed by atoms with E-state index >= 15 is 0 Å². The van der Waals surface area contributed by atoms with Gasteiger partial charge in [-0.3, -0.25) is 0 Å². The van der Waals surface area contributed by atoms with Crippen LogP contribution in [-0.2, 0) is 0 Å². The van der Waals surface area contributed by atoms with Crippen molar-refractivity contribution in [3.05, 3.63) is 31.7 Å². The quantitative estimate of drug-likeness (QED) is 0.826. The Morgan fingerprint density at radius 3 is 2.06 bits per heavy atom. The van der Waals surface area contributed by atoms with Crippen LogP contribution in [0, 0.1) is 0 Å². The summed E-state index contributed by atoms with van der Waals surface area (Å²) in [6, 6.07) is 1.32. The highest BCUT2D eigenvalue weighted by Gasteiger charge is 2.20. The number of benzene rings is 1. The van der Waals surface area contributed by atoms with Crippen molar-refractivity contribution < 1.29 is 5.11 Å². The molecule has 90 valence electrons. The zero-order valence-corrected chi connectivity index (χ0v) is 11.6. The molecule has 1 rings (SSSR count). The zero-order valence-electron chi connectivity index (χ0n) is 8.53. The average Bonchev–Trinajstić information content (AvgIpc) is 2.25. The van der Waals surface area contributed by atoms with E-state index in [1.165, 1.54) is 6.07 Å². The highest BCUT2D eigenvalue weighted by atomic mass is 35.5. The number of halogens is 4. The predicted molar refractivity (Wildman–Crippen MR) is 70.0 cm³/mol. The minimum atomic E-state index is -0.179. The van der Waals surface area contributed by atoms with Crippen LogP contribution in [0.15, 0.2) is 6.07 Å². The molecule has 6 heteroatoms. The molecule has 0 radical (unpaired) electrons. The molecule has 16 heavy (non-hydrogen) atoms. The predicted octanol–water partition coefficient (Wildman–Crippen LogP) is 3.94. The van der Waals surface area contributed by atoms with Gasteiger partial charge in [-0.05, 0) is 19.5 Å². The second-order valence-electron chi connectivity index (χ2n) is 3.24. The maximum Gasteiger partial charge on any atom is 0.0656 e. The van der Waals surface area contributed by atoms with E-state index < -0.39 is 0 Å². The van der Waals surface area contributed by atoms with Crippen molar-refractivity contribution in [2.75, 3.05) is 13.7 Å². The van der Waals surface area contributed by atoms with Crippen molar-refractivity contribution in [2.45, 2.75) is 12.5 Å². The van der Waals surface area contributed by atoms with Gasteiger partial charge in [-0.1, -0.05) is 46.4 Å². The zero-order chi connectivity index (χ0) is 12.3. The summed E-state index contributed by atoms with van der Waals surface area (Å²) in [6.45, 7) is 0.0162. The molecule has 2 nitrogen and oxygen atoms in total. The molecule has 0 aliphatic rings. The van der Waals surface area contributed by atoms with Gasteiger partial charge in [0.05, 0.1) is 20.1 Å². The average molecular weight is 303 g/mol. The molecule has 0 aliphatic heterocycles. The first-order valence-electron chi connectivity index (χ1n) is 4.64. The summed E-state index contributed by atoms with van der Waals surface area (Å²) in [6.07, 6.45) is 0.479. The number of hydrogen-bond acceptors (Lipinski definition) is 2. The lowest BCUT2D eigenvalue weighted by atomic mass is 10.0. The summed E-state index contributed by atoms with van der Waals surface area (Å²) in [5, 5.41) is 13.4. The maximum absolute atomic E-state index is 8.96. The lowest BCUT2D eigenvalue weighted by Crippen LogP contribution is -2.18. The van der Waals surface area contributed by atoms with Crippen LogP contribution in [0.2, 0.25) is 20.1 Å². The summed E-state index contributed by atoms with van der Waals surface area (Å²) in [4.78, 5) is 0. The molecule has 0 saturated heterocycles. The maximum atomic E-state index is 8.96. The molecule has 1 unspecified atom stereocenters. The third-order valence-corrected chi connectivity index (χ3v) is 3.86. The van der Waals surface area contributed by atoms with Crippen molar-refractivity contribution in [3.63, 3.8) is 0 Å². The van der Waals surface area contributed by atoms with Crippen LogP contribution in [0.1, 0.15) is 18.0 Å². The number of aliphatic hydroxyl groups is 1.